The fourth-order valence-corrected chi connectivity index (χ4v) is 2.59. The van der Waals surface area contributed by atoms with E-state index < -0.39 is 0 Å². The van der Waals surface area contributed by atoms with E-state index in [2.05, 4.69) is 31.0 Å². The van der Waals surface area contributed by atoms with Crippen molar-refractivity contribution in [1.29, 1.82) is 0 Å². The Labute approximate surface area is 152 Å². The Bertz CT molecular complexity index is 1030. The number of rotatable bonds is 5. The van der Waals surface area contributed by atoms with Gasteiger partial charge in [-0.3, -0.25) is 4.79 Å². The number of H-pyrrole nitrogens is 1. The van der Waals surface area contributed by atoms with Crippen LogP contribution in [0.4, 0.5) is 0 Å². The predicted molar refractivity (Wildman–Crippen MR) is 91.6 cm³/mol. The highest BCUT2D eigenvalue weighted by molar-refractivity contribution is 6.30. The van der Waals surface area contributed by atoms with Gasteiger partial charge < -0.3 is 9.73 Å². The van der Waals surface area contributed by atoms with E-state index in [-0.39, 0.29) is 18.1 Å². The molecular formula is C16H12ClN7O2. The number of nitrogens with zero attached hydrogens (tertiary/aromatic N) is 5. The Kier molecular flexibility index (Phi) is 4.20. The van der Waals surface area contributed by atoms with Gasteiger partial charge in [-0.05, 0) is 30.3 Å². The van der Waals surface area contributed by atoms with E-state index >= 15 is 0 Å². The molecule has 0 saturated heterocycles. The lowest BCUT2D eigenvalue weighted by Crippen LogP contribution is -2.24. The van der Waals surface area contributed by atoms with Crippen molar-refractivity contribution < 1.29 is 9.21 Å². The molecule has 1 amide bonds. The molecule has 0 aliphatic rings. The van der Waals surface area contributed by atoms with Crippen LogP contribution in [0.5, 0.6) is 0 Å². The fourth-order valence-electron chi connectivity index (χ4n) is 2.40. The topological polar surface area (TPSA) is 115 Å². The quantitative estimate of drug-likeness (QED) is 0.557. The zero-order valence-electron chi connectivity index (χ0n) is 13.3. The van der Waals surface area contributed by atoms with E-state index in [9.17, 15) is 4.79 Å². The minimum absolute atomic E-state index is 0.134. The molecule has 0 aliphatic heterocycles. The van der Waals surface area contributed by atoms with Gasteiger partial charge in [-0.25, -0.2) is 4.68 Å². The molecule has 0 unspecified atom stereocenters. The summed E-state index contributed by atoms with van der Waals surface area (Å²) >= 11 is 6.08. The molecule has 3 heterocycles. The number of aromatic amines is 1. The molecule has 0 fully saturated rings. The average Bonchev–Trinajstić information content (AvgIpc) is 3.40. The lowest BCUT2D eigenvalue weighted by atomic mass is 10.2. The number of tetrazole rings is 1. The number of hydrogen-bond donors (Lipinski definition) is 2. The smallest absolute Gasteiger partial charge is 0.272 e. The first-order chi connectivity index (χ1) is 12.7. The number of furan rings is 1. The molecule has 9 nitrogen and oxygen atoms in total. The molecule has 4 aromatic rings. The molecule has 0 saturated carbocycles. The van der Waals surface area contributed by atoms with Crippen molar-refractivity contribution in [2.24, 2.45) is 0 Å². The summed E-state index contributed by atoms with van der Waals surface area (Å²) in [7, 11) is 0. The number of halogens is 1. The SMILES string of the molecule is O=C(NCc1nn[nH]n1)c1cc(-c2ccco2)n(-c2cccc(Cl)c2)n1. The van der Waals surface area contributed by atoms with Crippen LogP contribution in [-0.4, -0.2) is 36.3 Å². The van der Waals surface area contributed by atoms with Gasteiger partial charge in [0.05, 0.1) is 18.5 Å². The van der Waals surface area contributed by atoms with Crippen LogP contribution in [0.3, 0.4) is 0 Å². The van der Waals surface area contributed by atoms with Gasteiger partial charge >= 0.3 is 0 Å². The summed E-state index contributed by atoms with van der Waals surface area (Å²) in [6.07, 6.45) is 1.56. The van der Waals surface area contributed by atoms with Crippen LogP contribution in [0, 0.1) is 0 Å². The second kappa shape index (κ2) is 6.81. The highest BCUT2D eigenvalue weighted by Crippen LogP contribution is 2.25. The first-order valence-corrected chi connectivity index (χ1v) is 7.99. The number of hydrogen-bond acceptors (Lipinski definition) is 6. The summed E-state index contributed by atoms with van der Waals surface area (Å²) < 4.78 is 7.07. The first-order valence-electron chi connectivity index (χ1n) is 7.61. The van der Waals surface area contributed by atoms with Crippen molar-refractivity contribution in [3.05, 3.63) is 65.3 Å². The molecule has 3 aromatic heterocycles. The number of amides is 1. The number of carbonyl (C=O) groups is 1. The van der Waals surface area contributed by atoms with Crippen LogP contribution in [0.25, 0.3) is 17.1 Å². The molecule has 0 atom stereocenters. The average molecular weight is 370 g/mol. The van der Waals surface area contributed by atoms with E-state index in [1.807, 2.05) is 6.07 Å². The Morgan fingerprint density at radius 2 is 2.19 bits per heavy atom. The van der Waals surface area contributed by atoms with Gasteiger partial charge in [0.2, 0.25) is 0 Å². The zero-order valence-corrected chi connectivity index (χ0v) is 14.0. The lowest BCUT2D eigenvalue weighted by Gasteiger charge is -2.05. The minimum Gasteiger partial charge on any atom is -0.463 e. The molecule has 26 heavy (non-hydrogen) atoms. The summed E-state index contributed by atoms with van der Waals surface area (Å²) in [5.41, 5.74) is 1.56. The molecule has 2 N–H and O–H groups in total. The third-order valence-electron chi connectivity index (χ3n) is 3.56. The van der Waals surface area contributed by atoms with Crippen LogP contribution in [0.15, 0.2) is 53.1 Å². The minimum atomic E-state index is -0.372. The van der Waals surface area contributed by atoms with Gasteiger partial charge in [0.15, 0.2) is 17.3 Å². The summed E-state index contributed by atoms with van der Waals surface area (Å²) in [5.74, 6) is 0.581. The molecule has 0 aliphatic carbocycles. The molecule has 4 rings (SSSR count). The van der Waals surface area contributed by atoms with Gasteiger partial charge in [0.1, 0.15) is 5.69 Å². The second-order valence-corrected chi connectivity index (χ2v) is 5.73. The first kappa shape index (κ1) is 16.0. The zero-order chi connectivity index (χ0) is 17.9. The maximum Gasteiger partial charge on any atom is 0.272 e. The number of nitrogens with one attached hydrogen (secondary N) is 2. The Hall–Kier alpha value is -3.46. The molecule has 10 heteroatoms. The standard InChI is InChI=1S/C16H12ClN7O2/c17-10-3-1-4-11(7-10)24-13(14-5-2-6-26-14)8-12(21-24)16(25)18-9-15-19-22-23-20-15/h1-8H,9H2,(H,18,25)(H,19,20,22,23). The van der Waals surface area contributed by atoms with Gasteiger partial charge in [-0.2, -0.15) is 10.3 Å². The highest BCUT2D eigenvalue weighted by Gasteiger charge is 2.18. The largest absolute Gasteiger partial charge is 0.463 e. The van der Waals surface area contributed by atoms with Crippen molar-refractivity contribution in [3.63, 3.8) is 0 Å². The monoisotopic (exact) mass is 369 g/mol. The van der Waals surface area contributed by atoms with Crippen LogP contribution in [0.1, 0.15) is 16.3 Å². The molecule has 1 aromatic carbocycles. The van der Waals surface area contributed by atoms with Gasteiger partial charge in [0, 0.05) is 11.1 Å². The second-order valence-electron chi connectivity index (χ2n) is 5.29. The van der Waals surface area contributed by atoms with Crippen molar-refractivity contribution in [3.8, 4) is 17.1 Å². The predicted octanol–water partition coefficient (Wildman–Crippen LogP) is 2.23. The van der Waals surface area contributed by atoms with Crippen molar-refractivity contribution in [1.82, 2.24) is 35.7 Å². The Morgan fingerprint density at radius 1 is 1.27 bits per heavy atom. The van der Waals surface area contributed by atoms with Crippen molar-refractivity contribution >= 4 is 17.5 Å². The molecule has 0 bridgehead atoms. The Balaban J connectivity index is 1.68. The fraction of sp³-hybridized carbons (Fsp3) is 0.0625. The van der Waals surface area contributed by atoms with Crippen molar-refractivity contribution in [2.75, 3.05) is 0 Å². The van der Waals surface area contributed by atoms with Crippen LogP contribution >= 0.6 is 11.6 Å². The van der Waals surface area contributed by atoms with Crippen LogP contribution < -0.4 is 5.32 Å². The summed E-state index contributed by atoms with van der Waals surface area (Å²) in [4.78, 5) is 12.4. The third kappa shape index (κ3) is 3.20. The maximum atomic E-state index is 12.4. The third-order valence-corrected chi connectivity index (χ3v) is 3.80. The van der Waals surface area contributed by atoms with Crippen molar-refractivity contribution in [2.45, 2.75) is 6.54 Å². The summed E-state index contributed by atoms with van der Waals surface area (Å²) in [5, 5.41) is 21.0. The molecular weight excluding hydrogens is 358 g/mol. The van der Waals surface area contributed by atoms with E-state index in [4.69, 9.17) is 16.0 Å². The lowest BCUT2D eigenvalue weighted by molar-refractivity contribution is 0.0944. The van der Waals surface area contributed by atoms with E-state index in [0.29, 0.717) is 28.0 Å². The normalized spacial score (nSPS) is 10.8. The maximum absolute atomic E-state index is 12.4. The molecule has 0 radical (unpaired) electrons. The highest BCUT2D eigenvalue weighted by atomic mass is 35.5. The number of aromatic nitrogens is 6. The number of benzene rings is 1. The molecule has 130 valence electrons. The van der Waals surface area contributed by atoms with E-state index in [0.717, 1.165) is 0 Å². The van der Waals surface area contributed by atoms with Gasteiger partial charge in [0.25, 0.3) is 5.91 Å². The van der Waals surface area contributed by atoms with E-state index in [1.54, 1.807) is 47.3 Å². The van der Waals surface area contributed by atoms with Crippen LogP contribution in [0.2, 0.25) is 5.02 Å². The number of carbonyl (C=O) groups excluding carboxylic acids is 1. The van der Waals surface area contributed by atoms with E-state index in [1.165, 1.54) is 0 Å². The summed E-state index contributed by atoms with van der Waals surface area (Å²) in [6, 6.07) is 12.4. The van der Waals surface area contributed by atoms with Gasteiger partial charge in [-0.15, -0.1) is 10.2 Å². The van der Waals surface area contributed by atoms with Gasteiger partial charge in [-0.1, -0.05) is 22.9 Å². The Morgan fingerprint density at radius 3 is 2.92 bits per heavy atom. The molecule has 0 spiro atoms. The van der Waals surface area contributed by atoms with Crippen LogP contribution in [-0.2, 0) is 6.54 Å². The summed E-state index contributed by atoms with van der Waals surface area (Å²) in [6.45, 7) is 0.134.